The van der Waals surface area contributed by atoms with Crippen LogP contribution >= 0.6 is 0 Å². The van der Waals surface area contributed by atoms with Crippen molar-refractivity contribution in [2.75, 3.05) is 13.2 Å². The fraction of sp³-hybridized carbons (Fsp3) is 0.667. The van der Waals surface area contributed by atoms with Crippen LogP contribution < -0.4 is 5.32 Å². The molecule has 0 radical (unpaired) electrons. The van der Waals surface area contributed by atoms with Crippen molar-refractivity contribution in [1.29, 1.82) is 0 Å². The fourth-order valence-electron chi connectivity index (χ4n) is 2.06. The first kappa shape index (κ1) is 10.2. The summed E-state index contributed by atoms with van der Waals surface area (Å²) in [5, 5.41) is 6.79. The number of rotatable bonds is 2. The first-order valence-electron chi connectivity index (χ1n) is 5.28. The molecular weight excluding hydrogens is 230 g/mol. The Morgan fingerprint density at radius 1 is 1.50 bits per heavy atom. The Labute approximate surface area is 93.6 Å². The summed E-state index contributed by atoms with van der Waals surface area (Å²) in [5.41, 5.74) is 1.81. The average Bonchev–Trinajstić information content (AvgIpc) is 2.94. The number of hydrogen-bond donors (Lipinski definition) is 1. The van der Waals surface area contributed by atoms with Crippen LogP contribution in [0.1, 0.15) is 17.7 Å². The average molecular weight is 243 g/mol. The summed E-state index contributed by atoms with van der Waals surface area (Å²) in [6, 6.07) is 0. The van der Waals surface area contributed by atoms with E-state index in [1.54, 1.807) is 6.20 Å². The predicted octanol–water partition coefficient (Wildman–Crippen LogP) is -0.547. The molecule has 0 aliphatic carbocycles. The minimum Gasteiger partial charge on any atom is -0.380 e. The molecule has 1 atom stereocenters. The third kappa shape index (κ3) is 1.47. The van der Waals surface area contributed by atoms with Crippen LogP contribution in [0.3, 0.4) is 0 Å². The van der Waals surface area contributed by atoms with Gasteiger partial charge in [0.2, 0.25) is 0 Å². The molecule has 6 nitrogen and oxygen atoms in total. The lowest BCUT2D eigenvalue weighted by molar-refractivity contribution is 0.198. The van der Waals surface area contributed by atoms with Crippen molar-refractivity contribution in [2.45, 2.75) is 24.8 Å². The van der Waals surface area contributed by atoms with Crippen LogP contribution in [0.4, 0.5) is 0 Å². The fourth-order valence-corrected chi connectivity index (χ4v) is 3.52. The number of aromatic nitrogens is 2. The van der Waals surface area contributed by atoms with Crippen LogP contribution in [0.2, 0.25) is 0 Å². The highest BCUT2D eigenvalue weighted by atomic mass is 32.2. The Kier molecular flexibility index (Phi) is 2.27. The van der Waals surface area contributed by atoms with Crippen LogP contribution in [-0.2, 0) is 27.8 Å². The second-order valence-electron chi connectivity index (χ2n) is 4.11. The van der Waals surface area contributed by atoms with Crippen molar-refractivity contribution in [3.63, 3.8) is 0 Å². The van der Waals surface area contributed by atoms with Gasteiger partial charge in [0, 0.05) is 31.5 Å². The highest BCUT2D eigenvalue weighted by molar-refractivity contribution is 7.90. The molecule has 0 aromatic carbocycles. The van der Waals surface area contributed by atoms with Gasteiger partial charge in [0.05, 0.1) is 12.3 Å². The van der Waals surface area contributed by atoms with Crippen molar-refractivity contribution in [3.05, 3.63) is 17.5 Å². The third-order valence-electron chi connectivity index (χ3n) is 3.03. The summed E-state index contributed by atoms with van der Waals surface area (Å²) >= 11 is 0. The van der Waals surface area contributed by atoms with Gasteiger partial charge in [-0.1, -0.05) is 0 Å². The summed E-state index contributed by atoms with van der Waals surface area (Å²) in [6.07, 6.45) is 2.17. The second-order valence-corrected chi connectivity index (χ2v) is 6.18. The smallest absolute Gasteiger partial charge is 0.259 e. The Morgan fingerprint density at radius 2 is 2.38 bits per heavy atom. The molecule has 2 aliphatic rings. The van der Waals surface area contributed by atoms with Gasteiger partial charge in [-0.25, -0.2) is 8.42 Å². The van der Waals surface area contributed by atoms with Crippen molar-refractivity contribution >= 4 is 10.0 Å². The van der Waals surface area contributed by atoms with Gasteiger partial charge in [-0.15, -0.1) is 0 Å². The Balaban J connectivity index is 1.96. The highest BCUT2D eigenvalue weighted by Crippen LogP contribution is 2.19. The minimum atomic E-state index is -3.36. The number of fused-ring (bicyclic) bond motifs is 1. The molecule has 1 unspecified atom stereocenters. The van der Waals surface area contributed by atoms with E-state index in [1.807, 2.05) is 0 Å². The number of nitrogens with zero attached hydrogens (tertiary/aromatic N) is 2. The zero-order valence-electron chi connectivity index (χ0n) is 8.72. The molecule has 1 saturated heterocycles. The van der Waals surface area contributed by atoms with Crippen molar-refractivity contribution < 1.29 is 13.2 Å². The normalized spacial score (nSPS) is 24.9. The quantitative estimate of drug-likeness (QED) is 0.754. The van der Waals surface area contributed by atoms with E-state index in [-0.39, 0.29) is 6.61 Å². The highest BCUT2D eigenvalue weighted by Gasteiger charge is 2.32. The van der Waals surface area contributed by atoms with Crippen LogP contribution in [0.25, 0.3) is 0 Å². The van der Waals surface area contributed by atoms with Crippen LogP contribution in [0.5, 0.6) is 0 Å². The van der Waals surface area contributed by atoms with Gasteiger partial charge in [-0.3, -0.25) is 0 Å². The first-order chi connectivity index (χ1) is 7.68. The molecule has 0 amide bonds. The van der Waals surface area contributed by atoms with Crippen molar-refractivity contribution in [2.24, 2.45) is 0 Å². The van der Waals surface area contributed by atoms with E-state index in [0.717, 1.165) is 15.3 Å². The van der Waals surface area contributed by atoms with E-state index in [9.17, 15) is 8.42 Å². The van der Waals surface area contributed by atoms with E-state index in [0.29, 0.717) is 26.1 Å². The van der Waals surface area contributed by atoms with Gasteiger partial charge in [0.1, 0.15) is 5.25 Å². The van der Waals surface area contributed by atoms with Crippen molar-refractivity contribution in [1.82, 2.24) is 14.5 Å². The molecule has 16 heavy (non-hydrogen) atoms. The third-order valence-corrected chi connectivity index (χ3v) is 4.96. The standard InChI is InChI=1S/C9H13N3O3S/c13-16(14,8-1-2-15-6-8)12-5-7-3-10-4-9(7)11-12/h5,8,10H,1-4,6H2. The zero-order chi connectivity index (χ0) is 11.2. The number of nitrogens with one attached hydrogen (secondary N) is 1. The molecular formula is C9H13N3O3S. The number of hydrogen-bond acceptors (Lipinski definition) is 5. The molecule has 0 spiro atoms. The second kappa shape index (κ2) is 3.54. The molecule has 2 aliphatic heterocycles. The molecule has 0 bridgehead atoms. The first-order valence-corrected chi connectivity index (χ1v) is 6.78. The lowest BCUT2D eigenvalue weighted by Gasteiger charge is -2.09. The lowest BCUT2D eigenvalue weighted by atomic mass is 10.3. The Hall–Kier alpha value is -0.920. The van der Waals surface area contributed by atoms with Gasteiger partial charge in [-0.2, -0.15) is 9.19 Å². The summed E-state index contributed by atoms with van der Waals surface area (Å²) in [7, 11) is -3.36. The molecule has 1 aromatic rings. The summed E-state index contributed by atoms with van der Waals surface area (Å²) in [6.45, 7) is 2.16. The molecule has 0 saturated carbocycles. The van der Waals surface area contributed by atoms with E-state index in [4.69, 9.17) is 4.74 Å². The predicted molar refractivity (Wildman–Crippen MR) is 56.3 cm³/mol. The van der Waals surface area contributed by atoms with Crippen LogP contribution in [-0.4, -0.2) is 36.1 Å². The SMILES string of the molecule is O=S(=O)(C1CCOC1)n1cc2c(n1)CNC2. The van der Waals surface area contributed by atoms with Gasteiger partial charge in [0.25, 0.3) is 10.0 Å². The summed E-state index contributed by atoms with van der Waals surface area (Å²) < 4.78 is 30.5. The zero-order valence-corrected chi connectivity index (χ0v) is 9.53. The molecule has 3 heterocycles. The summed E-state index contributed by atoms with van der Waals surface area (Å²) in [5.74, 6) is 0. The monoisotopic (exact) mass is 243 g/mol. The number of ether oxygens (including phenoxy) is 1. The molecule has 3 rings (SSSR count). The van der Waals surface area contributed by atoms with E-state index >= 15 is 0 Å². The minimum absolute atomic E-state index is 0.283. The molecule has 1 fully saturated rings. The van der Waals surface area contributed by atoms with E-state index < -0.39 is 15.3 Å². The van der Waals surface area contributed by atoms with E-state index in [2.05, 4.69) is 10.4 Å². The summed E-state index contributed by atoms with van der Waals surface area (Å²) in [4.78, 5) is 0. The van der Waals surface area contributed by atoms with E-state index in [1.165, 1.54) is 0 Å². The van der Waals surface area contributed by atoms with Gasteiger partial charge >= 0.3 is 0 Å². The Morgan fingerprint density at radius 3 is 3.06 bits per heavy atom. The lowest BCUT2D eigenvalue weighted by Crippen LogP contribution is -2.28. The van der Waals surface area contributed by atoms with Crippen molar-refractivity contribution in [3.8, 4) is 0 Å². The topological polar surface area (TPSA) is 73.2 Å². The Bertz CT molecular complexity index is 481. The van der Waals surface area contributed by atoms with Gasteiger partial charge < -0.3 is 10.1 Å². The van der Waals surface area contributed by atoms with Crippen LogP contribution in [0.15, 0.2) is 6.20 Å². The maximum atomic E-state index is 12.1. The maximum Gasteiger partial charge on any atom is 0.259 e. The largest absolute Gasteiger partial charge is 0.380 e. The van der Waals surface area contributed by atoms with Gasteiger partial charge in [0.15, 0.2) is 0 Å². The molecule has 7 heteroatoms. The molecule has 1 N–H and O–H groups in total. The van der Waals surface area contributed by atoms with Crippen LogP contribution in [0, 0.1) is 0 Å². The van der Waals surface area contributed by atoms with Gasteiger partial charge in [-0.05, 0) is 6.42 Å². The molecule has 1 aromatic heterocycles. The maximum absolute atomic E-state index is 12.1. The molecule has 88 valence electrons.